The van der Waals surface area contributed by atoms with Crippen molar-refractivity contribution < 1.29 is 18.7 Å². The lowest BCUT2D eigenvalue weighted by molar-refractivity contribution is 0.0998. The highest BCUT2D eigenvalue weighted by Gasteiger charge is 2.16. The molecule has 5 heteroatoms. The number of hydrogen-bond acceptors (Lipinski definition) is 4. The number of carbonyl (C=O) groups is 1. The van der Waals surface area contributed by atoms with Crippen molar-refractivity contribution in [3.8, 4) is 11.5 Å². The van der Waals surface area contributed by atoms with Crippen LogP contribution in [0.15, 0.2) is 65.1 Å². The lowest BCUT2D eigenvalue weighted by atomic mass is 10.1. The van der Waals surface area contributed by atoms with E-state index in [9.17, 15) is 4.79 Å². The summed E-state index contributed by atoms with van der Waals surface area (Å²) >= 11 is 0. The molecule has 0 atom stereocenters. The third-order valence-corrected chi connectivity index (χ3v) is 4.45. The number of furan rings is 1. The van der Waals surface area contributed by atoms with Crippen LogP contribution in [-0.4, -0.2) is 19.1 Å². The molecule has 1 aromatic heterocycles. The van der Waals surface area contributed by atoms with Gasteiger partial charge in [-0.3, -0.25) is 4.79 Å². The zero-order valence-corrected chi connectivity index (χ0v) is 13.8. The van der Waals surface area contributed by atoms with E-state index in [4.69, 9.17) is 13.9 Å². The smallest absolute Gasteiger partial charge is 0.291 e. The molecular formula is C21H15NO4. The molecule has 0 unspecified atom stereocenters. The molecule has 1 aliphatic heterocycles. The number of rotatable bonds is 2. The van der Waals surface area contributed by atoms with Gasteiger partial charge >= 0.3 is 0 Å². The van der Waals surface area contributed by atoms with Crippen LogP contribution in [0.4, 0.5) is 5.69 Å². The van der Waals surface area contributed by atoms with Crippen LogP contribution >= 0.6 is 0 Å². The lowest BCUT2D eigenvalue weighted by Crippen LogP contribution is -2.16. The van der Waals surface area contributed by atoms with Gasteiger partial charge in [0.05, 0.1) is 0 Å². The van der Waals surface area contributed by atoms with E-state index in [1.807, 2.05) is 36.4 Å². The summed E-state index contributed by atoms with van der Waals surface area (Å²) in [6.07, 6.45) is 0. The maximum absolute atomic E-state index is 12.6. The molecule has 1 aliphatic rings. The van der Waals surface area contributed by atoms with E-state index in [1.54, 1.807) is 24.3 Å². The number of anilines is 1. The molecule has 26 heavy (non-hydrogen) atoms. The molecule has 4 aromatic rings. The number of carbonyl (C=O) groups excluding carboxylic acids is 1. The molecule has 5 rings (SSSR count). The zero-order chi connectivity index (χ0) is 17.5. The maximum atomic E-state index is 12.6. The van der Waals surface area contributed by atoms with Crippen LogP contribution < -0.4 is 14.8 Å². The molecule has 3 aromatic carbocycles. The quantitative estimate of drug-likeness (QED) is 0.576. The van der Waals surface area contributed by atoms with Crippen molar-refractivity contribution in [2.75, 3.05) is 18.5 Å². The normalized spacial score (nSPS) is 13.1. The van der Waals surface area contributed by atoms with Gasteiger partial charge in [-0.1, -0.05) is 30.3 Å². The van der Waals surface area contributed by atoms with E-state index >= 15 is 0 Å². The highest BCUT2D eigenvalue weighted by atomic mass is 16.6. The second-order valence-electron chi connectivity index (χ2n) is 6.12. The fourth-order valence-corrected chi connectivity index (χ4v) is 3.22. The van der Waals surface area contributed by atoms with Crippen LogP contribution in [0.25, 0.3) is 21.7 Å². The van der Waals surface area contributed by atoms with Gasteiger partial charge in [-0.05, 0) is 35.0 Å². The SMILES string of the molecule is O=C(Nc1ccc2c(c1)OCCO2)c1cc2c(ccc3ccccc32)o1. The summed E-state index contributed by atoms with van der Waals surface area (Å²) in [5, 5.41) is 5.95. The molecular weight excluding hydrogens is 330 g/mol. The van der Waals surface area contributed by atoms with Gasteiger partial charge < -0.3 is 19.2 Å². The van der Waals surface area contributed by atoms with Gasteiger partial charge in [-0.25, -0.2) is 0 Å². The number of amides is 1. The van der Waals surface area contributed by atoms with Crippen molar-refractivity contribution in [3.05, 3.63) is 66.4 Å². The van der Waals surface area contributed by atoms with E-state index < -0.39 is 0 Å². The lowest BCUT2D eigenvalue weighted by Gasteiger charge is -2.18. The molecule has 0 fully saturated rings. The highest BCUT2D eigenvalue weighted by Crippen LogP contribution is 2.33. The largest absolute Gasteiger partial charge is 0.486 e. The Kier molecular flexibility index (Phi) is 3.31. The number of hydrogen-bond donors (Lipinski definition) is 1. The minimum atomic E-state index is -0.304. The first-order chi connectivity index (χ1) is 12.8. The van der Waals surface area contributed by atoms with Crippen LogP contribution in [0, 0.1) is 0 Å². The third-order valence-electron chi connectivity index (χ3n) is 4.45. The Hall–Kier alpha value is -3.47. The monoisotopic (exact) mass is 345 g/mol. The van der Waals surface area contributed by atoms with Crippen molar-refractivity contribution in [3.63, 3.8) is 0 Å². The van der Waals surface area contributed by atoms with E-state index in [1.165, 1.54) is 0 Å². The van der Waals surface area contributed by atoms with E-state index in [0.717, 1.165) is 16.2 Å². The molecule has 2 heterocycles. The first-order valence-corrected chi connectivity index (χ1v) is 8.40. The van der Waals surface area contributed by atoms with Crippen molar-refractivity contribution in [1.29, 1.82) is 0 Å². The summed E-state index contributed by atoms with van der Waals surface area (Å²) < 4.78 is 16.8. The fourth-order valence-electron chi connectivity index (χ4n) is 3.22. The van der Waals surface area contributed by atoms with Crippen molar-refractivity contribution >= 4 is 33.3 Å². The maximum Gasteiger partial charge on any atom is 0.291 e. The molecule has 5 nitrogen and oxygen atoms in total. The summed E-state index contributed by atoms with van der Waals surface area (Å²) in [6.45, 7) is 1.03. The van der Waals surface area contributed by atoms with Crippen molar-refractivity contribution in [2.24, 2.45) is 0 Å². The van der Waals surface area contributed by atoms with Crippen LogP contribution in [0.3, 0.4) is 0 Å². The number of fused-ring (bicyclic) bond motifs is 4. The molecule has 0 spiro atoms. The molecule has 1 amide bonds. The van der Waals surface area contributed by atoms with E-state index in [2.05, 4.69) is 5.32 Å². The van der Waals surface area contributed by atoms with Crippen molar-refractivity contribution in [1.82, 2.24) is 0 Å². The Bertz CT molecular complexity index is 1150. The Labute approximate surface area is 149 Å². The highest BCUT2D eigenvalue weighted by molar-refractivity contribution is 6.10. The fraction of sp³-hybridized carbons (Fsp3) is 0.0952. The summed E-state index contributed by atoms with van der Waals surface area (Å²) in [5.41, 5.74) is 1.32. The summed E-state index contributed by atoms with van der Waals surface area (Å²) in [6, 6.07) is 19.0. The zero-order valence-electron chi connectivity index (χ0n) is 13.8. The first-order valence-electron chi connectivity index (χ1n) is 8.40. The number of benzene rings is 3. The Morgan fingerprint density at radius 3 is 2.62 bits per heavy atom. The van der Waals surface area contributed by atoms with Crippen LogP contribution in [-0.2, 0) is 0 Å². The van der Waals surface area contributed by atoms with Crippen molar-refractivity contribution in [2.45, 2.75) is 0 Å². The van der Waals surface area contributed by atoms with Crippen LogP contribution in [0.1, 0.15) is 10.6 Å². The minimum absolute atomic E-state index is 0.270. The molecule has 128 valence electrons. The number of ether oxygens (including phenoxy) is 2. The molecule has 0 bridgehead atoms. The standard InChI is InChI=1S/C21H15NO4/c23-21(22-14-6-8-18-19(11-14)25-10-9-24-18)20-12-16-15-4-2-1-3-13(15)5-7-17(16)26-20/h1-8,11-12H,9-10H2,(H,22,23). The van der Waals surface area contributed by atoms with Crippen LogP contribution in [0.5, 0.6) is 11.5 Å². The van der Waals surface area contributed by atoms with Gasteiger partial charge in [0.15, 0.2) is 17.3 Å². The van der Waals surface area contributed by atoms with Gasteiger partial charge in [-0.2, -0.15) is 0 Å². The minimum Gasteiger partial charge on any atom is -0.486 e. The molecule has 1 N–H and O–H groups in total. The Morgan fingerprint density at radius 2 is 1.69 bits per heavy atom. The Morgan fingerprint density at radius 1 is 0.846 bits per heavy atom. The Balaban J connectivity index is 1.48. The second-order valence-corrected chi connectivity index (χ2v) is 6.12. The average molecular weight is 345 g/mol. The topological polar surface area (TPSA) is 60.7 Å². The summed E-state index contributed by atoms with van der Waals surface area (Å²) in [4.78, 5) is 12.6. The summed E-state index contributed by atoms with van der Waals surface area (Å²) in [5.74, 6) is 1.28. The molecule has 0 aliphatic carbocycles. The second kappa shape index (κ2) is 5.81. The molecule has 0 radical (unpaired) electrons. The van der Waals surface area contributed by atoms with E-state index in [-0.39, 0.29) is 11.7 Å². The van der Waals surface area contributed by atoms with Gasteiger partial charge in [0.25, 0.3) is 5.91 Å². The van der Waals surface area contributed by atoms with Crippen LogP contribution in [0.2, 0.25) is 0 Å². The van der Waals surface area contributed by atoms with Gasteiger partial charge in [0.2, 0.25) is 0 Å². The number of nitrogens with one attached hydrogen (secondary N) is 1. The van der Waals surface area contributed by atoms with Gasteiger partial charge in [-0.15, -0.1) is 0 Å². The predicted octanol–water partition coefficient (Wildman–Crippen LogP) is 4.61. The molecule has 0 saturated heterocycles. The van der Waals surface area contributed by atoms with Gasteiger partial charge in [0, 0.05) is 17.1 Å². The first kappa shape index (κ1) is 14.8. The average Bonchev–Trinajstić information content (AvgIpc) is 3.13. The van der Waals surface area contributed by atoms with Gasteiger partial charge in [0.1, 0.15) is 18.8 Å². The molecule has 0 saturated carbocycles. The summed E-state index contributed by atoms with van der Waals surface area (Å²) in [7, 11) is 0. The predicted molar refractivity (Wildman–Crippen MR) is 99.1 cm³/mol. The van der Waals surface area contributed by atoms with E-state index in [0.29, 0.717) is 36.0 Å². The third kappa shape index (κ3) is 2.45.